The zero-order valence-electron chi connectivity index (χ0n) is 14.6. The van der Waals surface area contributed by atoms with Crippen molar-refractivity contribution >= 4 is 21.1 Å². The molecule has 0 spiro atoms. The van der Waals surface area contributed by atoms with Crippen molar-refractivity contribution in [3.05, 3.63) is 36.0 Å². The molecule has 0 unspecified atom stereocenters. The number of rotatable bonds is 5. The summed E-state index contributed by atoms with van der Waals surface area (Å²) in [6.07, 6.45) is 2.12. The summed E-state index contributed by atoms with van der Waals surface area (Å²) in [7, 11) is -0.124. The fourth-order valence-corrected chi connectivity index (χ4v) is 4.30. The zero-order valence-corrected chi connectivity index (χ0v) is 15.5. The first-order valence-electron chi connectivity index (χ1n) is 8.39. The maximum absolute atomic E-state index is 12.2. The Bertz CT molecular complexity index is 805. The van der Waals surface area contributed by atoms with Gasteiger partial charge in [0.05, 0.1) is 0 Å². The molecular formula is C17H26N4O2S. The predicted octanol–water partition coefficient (Wildman–Crippen LogP) is 1.59. The third-order valence-corrected chi connectivity index (χ3v) is 6.64. The summed E-state index contributed by atoms with van der Waals surface area (Å²) in [6, 6.07) is 8.74. The van der Waals surface area contributed by atoms with Crippen LogP contribution in [0.2, 0.25) is 0 Å². The second kappa shape index (κ2) is 6.84. The Balaban J connectivity index is 1.66. The van der Waals surface area contributed by atoms with Crippen LogP contribution in [-0.2, 0) is 23.3 Å². The van der Waals surface area contributed by atoms with Crippen molar-refractivity contribution in [2.75, 3.05) is 40.3 Å². The normalized spacial score (nSPS) is 17.8. The smallest absolute Gasteiger partial charge is 0.281 e. The molecule has 3 rings (SSSR count). The second-order valence-corrected chi connectivity index (χ2v) is 8.60. The van der Waals surface area contributed by atoms with E-state index in [2.05, 4.69) is 46.9 Å². The van der Waals surface area contributed by atoms with Gasteiger partial charge >= 0.3 is 0 Å². The molecule has 0 N–H and O–H groups in total. The summed E-state index contributed by atoms with van der Waals surface area (Å²) in [6.45, 7) is 6.60. The van der Waals surface area contributed by atoms with E-state index in [4.69, 9.17) is 0 Å². The van der Waals surface area contributed by atoms with Crippen LogP contribution in [0.25, 0.3) is 10.9 Å². The van der Waals surface area contributed by atoms with Gasteiger partial charge in [0, 0.05) is 65.1 Å². The van der Waals surface area contributed by atoms with E-state index in [9.17, 15) is 8.42 Å². The van der Waals surface area contributed by atoms with Crippen LogP contribution in [0.3, 0.4) is 0 Å². The third kappa shape index (κ3) is 3.35. The van der Waals surface area contributed by atoms with Crippen molar-refractivity contribution in [2.24, 2.45) is 0 Å². The molecule has 1 saturated heterocycles. The molecule has 0 atom stereocenters. The molecule has 0 aliphatic carbocycles. The molecule has 0 bridgehead atoms. The van der Waals surface area contributed by atoms with E-state index in [1.165, 1.54) is 20.8 Å². The molecule has 6 nitrogen and oxygen atoms in total. The van der Waals surface area contributed by atoms with Crippen LogP contribution in [0.15, 0.2) is 30.5 Å². The summed E-state index contributed by atoms with van der Waals surface area (Å²) in [4.78, 5) is 2.32. The number of aryl methyl sites for hydroxylation is 1. The molecular weight excluding hydrogens is 324 g/mol. The first-order chi connectivity index (χ1) is 11.4. The summed E-state index contributed by atoms with van der Waals surface area (Å²) >= 11 is 0. The van der Waals surface area contributed by atoms with Gasteiger partial charge in [-0.15, -0.1) is 0 Å². The van der Waals surface area contributed by atoms with Crippen LogP contribution in [0.5, 0.6) is 0 Å². The van der Waals surface area contributed by atoms with E-state index < -0.39 is 10.2 Å². The van der Waals surface area contributed by atoms with Crippen molar-refractivity contribution in [3.63, 3.8) is 0 Å². The first kappa shape index (κ1) is 17.4. The van der Waals surface area contributed by atoms with Gasteiger partial charge in [0.2, 0.25) is 0 Å². The van der Waals surface area contributed by atoms with Gasteiger partial charge in [0.15, 0.2) is 0 Å². The minimum Gasteiger partial charge on any atom is -0.348 e. The predicted molar refractivity (Wildman–Crippen MR) is 97.1 cm³/mol. The zero-order chi connectivity index (χ0) is 17.3. The van der Waals surface area contributed by atoms with E-state index in [0.717, 1.165) is 26.2 Å². The molecule has 1 aliphatic rings. The highest BCUT2D eigenvalue weighted by molar-refractivity contribution is 7.86. The standard InChI is InChI=1S/C17H26N4O2S/c1-4-20-8-7-16-6-5-15(13-17(16)20)14-19-9-11-21(12-10-19)24(22,23)18(2)3/h5-8,13H,4,9-12,14H2,1-3H3. The summed E-state index contributed by atoms with van der Waals surface area (Å²) in [5, 5.41) is 1.27. The van der Waals surface area contributed by atoms with E-state index in [1.807, 2.05) is 0 Å². The molecule has 1 fully saturated rings. The van der Waals surface area contributed by atoms with Crippen LogP contribution in [0, 0.1) is 0 Å². The van der Waals surface area contributed by atoms with Gasteiger partial charge in [-0.2, -0.15) is 17.0 Å². The molecule has 2 aromatic rings. The fourth-order valence-electron chi connectivity index (χ4n) is 3.21. The van der Waals surface area contributed by atoms with E-state index in [1.54, 1.807) is 18.4 Å². The average Bonchev–Trinajstić information content (AvgIpc) is 2.97. The lowest BCUT2D eigenvalue weighted by Crippen LogP contribution is -2.51. The Labute approximate surface area is 144 Å². The second-order valence-electron chi connectivity index (χ2n) is 6.46. The fraction of sp³-hybridized carbons (Fsp3) is 0.529. The highest BCUT2D eigenvalue weighted by atomic mass is 32.2. The van der Waals surface area contributed by atoms with Gasteiger partial charge < -0.3 is 4.57 Å². The topological polar surface area (TPSA) is 48.8 Å². The molecule has 0 amide bonds. The lowest BCUT2D eigenvalue weighted by molar-refractivity contribution is 0.177. The number of nitrogens with zero attached hydrogens (tertiary/aromatic N) is 4. The largest absolute Gasteiger partial charge is 0.348 e. The van der Waals surface area contributed by atoms with Crippen LogP contribution in [0.1, 0.15) is 12.5 Å². The lowest BCUT2D eigenvalue weighted by Gasteiger charge is -2.35. The molecule has 1 aromatic heterocycles. The van der Waals surface area contributed by atoms with Crippen molar-refractivity contribution in [1.29, 1.82) is 0 Å². The minimum absolute atomic E-state index is 0.550. The third-order valence-electron chi connectivity index (χ3n) is 4.70. The van der Waals surface area contributed by atoms with Gasteiger partial charge in [0.1, 0.15) is 0 Å². The number of fused-ring (bicyclic) bond motifs is 1. The van der Waals surface area contributed by atoms with E-state index in [-0.39, 0.29) is 0 Å². The molecule has 7 heteroatoms. The van der Waals surface area contributed by atoms with Crippen molar-refractivity contribution in [3.8, 4) is 0 Å². The van der Waals surface area contributed by atoms with Gasteiger partial charge in [-0.3, -0.25) is 4.90 Å². The summed E-state index contributed by atoms with van der Waals surface area (Å²) in [5.74, 6) is 0. The highest BCUT2D eigenvalue weighted by Crippen LogP contribution is 2.19. The maximum atomic E-state index is 12.2. The summed E-state index contributed by atoms with van der Waals surface area (Å²) < 4.78 is 29.4. The van der Waals surface area contributed by atoms with Gasteiger partial charge in [-0.05, 0) is 30.0 Å². The Morgan fingerprint density at radius 1 is 1.08 bits per heavy atom. The van der Waals surface area contributed by atoms with Crippen LogP contribution >= 0.6 is 0 Å². The number of hydrogen-bond donors (Lipinski definition) is 0. The highest BCUT2D eigenvalue weighted by Gasteiger charge is 2.28. The Morgan fingerprint density at radius 2 is 1.79 bits per heavy atom. The number of benzene rings is 1. The van der Waals surface area contributed by atoms with E-state index >= 15 is 0 Å². The van der Waals surface area contributed by atoms with Crippen molar-refractivity contribution < 1.29 is 8.42 Å². The molecule has 0 saturated carbocycles. The van der Waals surface area contributed by atoms with Crippen LogP contribution in [-0.4, -0.2) is 66.8 Å². The lowest BCUT2D eigenvalue weighted by atomic mass is 10.1. The quantitative estimate of drug-likeness (QED) is 0.823. The van der Waals surface area contributed by atoms with Gasteiger partial charge in [-0.1, -0.05) is 12.1 Å². The summed E-state index contributed by atoms with van der Waals surface area (Å²) in [5.41, 5.74) is 2.55. The Hall–Kier alpha value is -1.41. The van der Waals surface area contributed by atoms with E-state index in [0.29, 0.717) is 13.1 Å². The molecule has 1 aliphatic heterocycles. The molecule has 132 valence electrons. The molecule has 2 heterocycles. The Morgan fingerprint density at radius 3 is 2.42 bits per heavy atom. The van der Waals surface area contributed by atoms with Gasteiger partial charge in [-0.25, -0.2) is 0 Å². The first-order valence-corrected chi connectivity index (χ1v) is 9.79. The maximum Gasteiger partial charge on any atom is 0.281 e. The number of aromatic nitrogens is 1. The average molecular weight is 350 g/mol. The number of hydrogen-bond acceptors (Lipinski definition) is 3. The molecule has 0 radical (unpaired) electrons. The molecule has 1 aromatic carbocycles. The van der Waals surface area contributed by atoms with Crippen molar-refractivity contribution in [2.45, 2.75) is 20.0 Å². The monoisotopic (exact) mass is 350 g/mol. The van der Waals surface area contributed by atoms with Gasteiger partial charge in [0.25, 0.3) is 10.2 Å². The molecule has 24 heavy (non-hydrogen) atoms. The van der Waals surface area contributed by atoms with Crippen LogP contribution < -0.4 is 0 Å². The number of piperazine rings is 1. The Kier molecular flexibility index (Phi) is 4.96. The van der Waals surface area contributed by atoms with Crippen molar-refractivity contribution in [1.82, 2.24) is 18.1 Å². The SMILES string of the molecule is CCn1ccc2ccc(CN3CCN(S(=O)(=O)N(C)C)CC3)cc21. The van der Waals surface area contributed by atoms with Crippen LogP contribution in [0.4, 0.5) is 0 Å². The minimum atomic E-state index is -3.29.